The Balaban J connectivity index is 2.16. The third-order valence-electron chi connectivity index (χ3n) is 4.90. The maximum atomic E-state index is 13.7. The molecule has 3 aromatic rings. The van der Waals surface area contributed by atoms with Gasteiger partial charge in [-0.3, -0.25) is 0 Å². The second-order valence-corrected chi connectivity index (χ2v) is 8.35. The number of rotatable bonds is 6. The number of hydrogen-bond donors (Lipinski definition) is 1. The number of halogens is 6. The third kappa shape index (κ3) is 5.73. The summed E-state index contributed by atoms with van der Waals surface area (Å²) < 4.78 is 81.1. The number of nitrogens with one attached hydrogen (secondary N) is 1. The van der Waals surface area contributed by atoms with Gasteiger partial charge in [-0.15, -0.1) is 11.3 Å². The number of benzene rings is 1. The zero-order valence-electron chi connectivity index (χ0n) is 18.0. The van der Waals surface area contributed by atoms with Gasteiger partial charge in [-0.1, -0.05) is 31.6 Å². The zero-order valence-corrected chi connectivity index (χ0v) is 18.8. The van der Waals surface area contributed by atoms with Crippen LogP contribution >= 0.6 is 11.3 Å². The van der Waals surface area contributed by atoms with Crippen molar-refractivity contribution in [3.05, 3.63) is 69.7 Å². The SMILES string of the molecule is CCC/C=C(/Nc1nc(-c2cccs2)nc(C(F)(F)F)c1C)c1cc(C(F)(F)F)ccc1C. The maximum Gasteiger partial charge on any atom is 0.433 e. The molecule has 0 fully saturated rings. The molecule has 0 saturated carbocycles. The van der Waals surface area contributed by atoms with E-state index in [1.807, 2.05) is 6.92 Å². The van der Waals surface area contributed by atoms with Crippen molar-refractivity contribution in [3.63, 3.8) is 0 Å². The molecule has 10 heteroatoms. The fraction of sp³-hybridized carbons (Fsp3) is 0.304. The largest absolute Gasteiger partial charge is 0.433 e. The van der Waals surface area contributed by atoms with Crippen LogP contribution in [0.3, 0.4) is 0 Å². The third-order valence-corrected chi connectivity index (χ3v) is 5.77. The minimum absolute atomic E-state index is 0.110. The van der Waals surface area contributed by atoms with Crippen LogP contribution in [0.4, 0.5) is 32.2 Å². The standard InChI is InChI=1S/C23H21F6N3S/c1-4-5-7-17(16-12-15(22(24,25)26)10-9-13(16)2)30-20-14(3)19(23(27,28)29)31-21(32-20)18-8-6-11-33-18/h6-12H,4-5H2,1-3H3,(H,30,31,32)/b17-7+. The van der Waals surface area contributed by atoms with Gasteiger partial charge in [0, 0.05) is 16.8 Å². The molecule has 1 aromatic carbocycles. The van der Waals surface area contributed by atoms with Gasteiger partial charge in [0.25, 0.3) is 0 Å². The van der Waals surface area contributed by atoms with Gasteiger partial charge < -0.3 is 5.32 Å². The zero-order chi connectivity index (χ0) is 24.4. The van der Waals surface area contributed by atoms with Crippen molar-refractivity contribution in [1.82, 2.24) is 9.97 Å². The molecule has 0 bridgehead atoms. The van der Waals surface area contributed by atoms with Crippen LogP contribution in [0.2, 0.25) is 0 Å². The van der Waals surface area contributed by atoms with E-state index in [9.17, 15) is 26.3 Å². The van der Waals surface area contributed by atoms with Crippen LogP contribution in [0, 0.1) is 13.8 Å². The molecule has 0 unspecified atom stereocenters. The molecule has 0 amide bonds. The Bertz CT molecular complexity index is 1150. The molecule has 3 nitrogen and oxygen atoms in total. The molecular formula is C23H21F6N3S. The highest BCUT2D eigenvalue weighted by molar-refractivity contribution is 7.13. The van der Waals surface area contributed by atoms with E-state index in [-0.39, 0.29) is 28.5 Å². The molecule has 3 rings (SSSR count). The van der Waals surface area contributed by atoms with Crippen molar-refractivity contribution in [3.8, 4) is 10.7 Å². The second-order valence-electron chi connectivity index (χ2n) is 7.40. The molecule has 0 aliphatic carbocycles. The molecule has 2 heterocycles. The molecule has 33 heavy (non-hydrogen) atoms. The van der Waals surface area contributed by atoms with E-state index in [0.717, 1.165) is 12.1 Å². The summed E-state index contributed by atoms with van der Waals surface area (Å²) in [6.45, 7) is 4.77. The topological polar surface area (TPSA) is 37.8 Å². The van der Waals surface area contributed by atoms with Crippen molar-refractivity contribution in [2.24, 2.45) is 0 Å². The van der Waals surface area contributed by atoms with Gasteiger partial charge in [0.05, 0.1) is 10.4 Å². The monoisotopic (exact) mass is 485 g/mol. The fourth-order valence-corrected chi connectivity index (χ4v) is 3.82. The molecule has 0 radical (unpaired) electrons. The second kappa shape index (κ2) is 9.54. The summed E-state index contributed by atoms with van der Waals surface area (Å²) in [5.41, 5.74) is -1.15. The van der Waals surface area contributed by atoms with Crippen molar-refractivity contribution >= 4 is 22.9 Å². The molecule has 0 saturated heterocycles. The number of alkyl halides is 6. The van der Waals surface area contributed by atoms with Gasteiger partial charge >= 0.3 is 12.4 Å². The lowest BCUT2D eigenvalue weighted by molar-refractivity contribution is -0.141. The average Bonchev–Trinajstić information content (AvgIpc) is 3.26. The highest BCUT2D eigenvalue weighted by atomic mass is 32.1. The minimum Gasteiger partial charge on any atom is -0.340 e. The Morgan fingerprint density at radius 1 is 1.03 bits per heavy atom. The summed E-state index contributed by atoms with van der Waals surface area (Å²) >= 11 is 1.19. The maximum absolute atomic E-state index is 13.7. The normalized spacial score (nSPS) is 12.8. The first kappa shape index (κ1) is 24.8. The molecule has 0 aliphatic rings. The lowest BCUT2D eigenvalue weighted by Gasteiger charge is -2.19. The van der Waals surface area contributed by atoms with Crippen molar-refractivity contribution in [2.45, 2.75) is 46.0 Å². The number of aromatic nitrogens is 2. The van der Waals surface area contributed by atoms with E-state index in [4.69, 9.17) is 0 Å². The van der Waals surface area contributed by atoms with Crippen LogP contribution in [-0.2, 0) is 12.4 Å². The molecule has 0 aliphatic heterocycles. The Kier molecular flexibility index (Phi) is 7.16. The Morgan fingerprint density at radius 2 is 1.76 bits per heavy atom. The Hall–Kier alpha value is -2.88. The lowest BCUT2D eigenvalue weighted by Crippen LogP contribution is -2.15. The number of aryl methyl sites for hydroxylation is 1. The number of thiophene rings is 1. The number of anilines is 1. The Morgan fingerprint density at radius 3 is 2.33 bits per heavy atom. The molecule has 2 aromatic heterocycles. The first-order valence-corrected chi connectivity index (χ1v) is 10.9. The van der Waals surface area contributed by atoms with Gasteiger partial charge in [0.1, 0.15) is 5.82 Å². The number of nitrogens with zero attached hydrogens (tertiary/aromatic N) is 2. The van der Waals surface area contributed by atoms with Crippen LogP contribution in [0.25, 0.3) is 16.4 Å². The summed E-state index contributed by atoms with van der Waals surface area (Å²) in [5.74, 6) is -0.221. The quantitative estimate of drug-likeness (QED) is 0.358. The fourth-order valence-electron chi connectivity index (χ4n) is 3.16. The van der Waals surface area contributed by atoms with Crippen LogP contribution in [0.15, 0.2) is 41.8 Å². The average molecular weight is 485 g/mol. The predicted octanol–water partition coefficient (Wildman–Crippen LogP) is 8.11. The van der Waals surface area contributed by atoms with Crippen molar-refractivity contribution in [1.29, 1.82) is 0 Å². The summed E-state index contributed by atoms with van der Waals surface area (Å²) in [6, 6.07) is 6.57. The summed E-state index contributed by atoms with van der Waals surface area (Å²) in [5, 5.41) is 4.57. The first-order valence-electron chi connectivity index (χ1n) is 10.1. The number of unbranched alkanes of at least 4 members (excludes halogenated alkanes) is 1. The molecule has 1 N–H and O–H groups in total. The van der Waals surface area contributed by atoms with Gasteiger partial charge in [0.15, 0.2) is 11.5 Å². The highest BCUT2D eigenvalue weighted by Gasteiger charge is 2.37. The predicted molar refractivity (Wildman–Crippen MR) is 118 cm³/mol. The van der Waals surface area contributed by atoms with Gasteiger partial charge in [-0.05, 0) is 49.4 Å². The number of hydrogen-bond acceptors (Lipinski definition) is 4. The van der Waals surface area contributed by atoms with Gasteiger partial charge in [-0.25, -0.2) is 9.97 Å². The minimum atomic E-state index is -4.73. The van der Waals surface area contributed by atoms with E-state index in [2.05, 4.69) is 15.3 Å². The smallest absolute Gasteiger partial charge is 0.340 e. The van der Waals surface area contributed by atoms with E-state index >= 15 is 0 Å². The summed E-state index contributed by atoms with van der Waals surface area (Å²) in [4.78, 5) is 8.45. The van der Waals surface area contributed by atoms with E-state index in [1.165, 1.54) is 24.3 Å². The molecular weight excluding hydrogens is 464 g/mol. The summed E-state index contributed by atoms with van der Waals surface area (Å²) in [7, 11) is 0. The molecule has 0 spiro atoms. The van der Waals surface area contributed by atoms with Crippen molar-refractivity contribution in [2.75, 3.05) is 5.32 Å². The van der Waals surface area contributed by atoms with E-state index < -0.39 is 23.6 Å². The Labute approximate surface area is 191 Å². The van der Waals surface area contributed by atoms with Gasteiger partial charge in [-0.2, -0.15) is 26.3 Å². The lowest BCUT2D eigenvalue weighted by atomic mass is 10.0. The number of allylic oxidation sites excluding steroid dienone is 1. The van der Waals surface area contributed by atoms with E-state index in [0.29, 0.717) is 23.3 Å². The van der Waals surface area contributed by atoms with Crippen LogP contribution < -0.4 is 5.32 Å². The van der Waals surface area contributed by atoms with Crippen LogP contribution in [0.1, 0.15) is 47.7 Å². The van der Waals surface area contributed by atoms with Crippen LogP contribution in [-0.4, -0.2) is 9.97 Å². The van der Waals surface area contributed by atoms with Crippen molar-refractivity contribution < 1.29 is 26.3 Å². The van der Waals surface area contributed by atoms with Crippen LogP contribution in [0.5, 0.6) is 0 Å². The van der Waals surface area contributed by atoms with E-state index in [1.54, 1.807) is 30.5 Å². The van der Waals surface area contributed by atoms with Gasteiger partial charge in [0.2, 0.25) is 0 Å². The first-order chi connectivity index (χ1) is 15.4. The highest BCUT2D eigenvalue weighted by Crippen LogP contribution is 2.37. The molecule has 176 valence electrons. The summed E-state index contributed by atoms with van der Waals surface area (Å²) in [6.07, 6.45) is -6.41. The molecule has 0 atom stereocenters.